The maximum Gasteiger partial charge on any atom is 0.226 e. The van der Waals surface area contributed by atoms with E-state index >= 15 is 0 Å². The van der Waals surface area contributed by atoms with Crippen molar-refractivity contribution < 1.29 is 4.84 Å². The Morgan fingerprint density at radius 3 is 3.06 bits per heavy atom. The van der Waals surface area contributed by atoms with Gasteiger partial charge in [-0.05, 0) is 6.07 Å². The summed E-state index contributed by atoms with van der Waals surface area (Å²) in [5, 5.41) is 3.97. The summed E-state index contributed by atoms with van der Waals surface area (Å²) >= 11 is 0. The average molecular weight is 233 g/mol. The van der Waals surface area contributed by atoms with Crippen LogP contribution in [-0.4, -0.2) is 28.2 Å². The molecule has 0 amide bonds. The van der Waals surface area contributed by atoms with Crippen LogP contribution in [0.3, 0.4) is 0 Å². The number of rotatable bonds is 5. The number of nitrogens with one attached hydrogen (secondary N) is 2. The van der Waals surface area contributed by atoms with Gasteiger partial charge in [-0.2, -0.15) is 9.97 Å². The van der Waals surface area contributed by atoms with Crippen LogP contribution in [0.5, 0.6) is 0 Å². The average Bonchev–Trinajstić information content (AvgIpc) is 2.69. The van der Waals surface area contributed by atoms with E-state index in [0.717, 1.165) is 11.0 Å². The number of anilines is 2. The number of nitrogens with zero attached hydrogens (tertiary/aromatic N) is 3. The van der Waals surface area contributed by atoms with E-state index in [9.17, 15) is 0 Å². The van der Waals surface area contributed by atoms with Crippen molar-refractivity contribution >= 4 is 22.8 Å². The zero-order valence-electron chi connectivity index (χ0n) is 9.90. The van der Waals surface area contributed by atoms with Crippen molar-refractivity contribution in [3.05, 3.63) is 24.9 Å². The van der Waals surface area contributed by atoms with Crippen molar-refractivity contribution in [2.75, 3.05) is 24.5 Å². The van der Waals surface area contributed by atoms with E-state index in [1.165, 1.54) is 0 Å². The lowest BCUT2D eigenvalue weighted by Crippen LogP contribution is -2.07. The van der Waals surface area contributed by atoms with Gasteiger partial charge in [0.05, 0.1) is 12.5 Å². The molecule has 0 aliphatic carbocycles. The summed E-state index contributed by atoms with van der Waals surface area (Å²) in [6.07, 6.45) is 3.68. The van der Waals surface area contributed by atoms with Gasteiger partial charge in [-0.25, -0.2) is 5.48 Å². The van der Waals surface area contributed by atoms with Crippen LogP contribution >= 0.6 is 0 Å². The molecule has 2 aromatic heterocycles. The second-order valence-corrected chi connectivity index (χ2v) is 3.54. The fourth-order valence-electron chi connectivity index (χ4n) is 1.55. The van der Waals surface area contributed by atoms with Gasteiger partial charge in [0.2, 0.25) is 5.95 Å². The smallest absolute Gasteiger partial charge is 0.226 e. The molecule has 90 valence electrons. The third-order valence-electron chi connectivity index (χ3n) is 2.33. The Kier molecular flexibility index (Phi) is 3.24. The highest BCUT2D eigenvalue weighted by Crippen LogP contribution is 2.22. The molecule has 0 bridgehead atoms. The summed E-state index contributed by atoms with van der Waals surface area (Å²) in [6.45, 7) is 4.25. The first-order valence-electron chi connectivity index (χ1n) is 5.23. The van der Waals surface area contributed by atoms with E-state index in [4.69, 9.17) is 4.84 Å². The van der Waals surface area contributed by atoms with Crippen LogP contribution < -0.4 is 10.8 Å². The van der Waals surface area contributed by atoms with Gasteiger partial charge in [-0.1, -0.05) is 6.08 Å². The Bertz CT molecular complexity index is 534. The molecule has 17 heavy (non-hydrogen) atoms. The van der Waals surface area contributed by atoms with Gasteiger partial charge >= 0.3 is 0 Å². The molecule has 0 aliphatic heterocycles. The highest BCUT2D eigenvalue weighted by molar-refractivity contribution is 5.88. The van der Waals surface area contributed by atoms with Crippen molar-refractivity contribution in [3.63, 3.8) is 0 Å². The van der Waals surface area contributed by atoms with E-state index in [1.807, 2.05) is 23.9 Å². The summed E-state index contributed by atoms with van der Waals surface area (Å²) in [6, 6.07) is 1.94. The van der Waals surface area contributed by atoms with Crippen molar-refractivity contribution in [2.24, 2.45) is 7.05 Å². The van der Waals surface area contributed by atoms with Gasteiger partial charge < -0.3 is 9.88 Å². The first-order chi connectivity index (χ1) is 8.26. The van der Waals surface area contributed by atoms with Crippen LogP contribution in [0, 0.1) is 0 Å². The van der Waals surface area contributed by atoms with Crippen molar-refractivity contribution in [1.29, 1.82) is 0 Å². The van der Waals surface area contributed by atoms with Gasteiger partial charge in [0.1, 0.15) is 5.65 Å². The minimum absolute atomic E-state index is 0.541. The van der Waals surface area contributed by atoms with Crippen LogP contribution in [0.15, 0.2) is 24.9 Å². The van der Waals surface area contributed by atoms with Gasteiger partial charge in [-0.3, -0.25) is 4.84 Å². The summed E-state index contributed by atoms with van der Waals surface area (Å²) in [5.74, 6) is 1.18. The molecule has 2 rings (SSSR count). The molecule has 0 saturated heterocycles. The largest absolute Gasteiger partial charge is 0.351 e. The quantitative estimate of drug-likeness (QED) is 0.606. The number of hydrogen-bond acceptors (Lipinski definition) is 5. The Morgan fingerprint density at radius 2 is 2.35 bits per heavy atom. The van der Waals surface area contributed by atoms with Crippen molar-refractivity contribution in [3.8, 4) is 0 Å². The van der Waals surface area contributed by atoms with Gasteiger partial charge in [0.25, 0.3) is 0 Å². The summed E-state index contributed by atoms with van der Waals surface area (Å²) in [7, 11) is 3.48. The molecule has 0 atom stereocenters. The molecule has 0 aliphatic rings. The topological polar surface area (TPSA) is 64.0 Å². The third kappa shape index (κ3) is 2.21. The lowest BCUT2D eigenvalue weighted by Gasteiger charge is -2.08. The molecule has 2 N–H and O–H groups in total. The molecule has 0 saturated carbocycles. The molecular weight excluding hydrogens is 218 g/mol. The second-order valence-electron chi connectivity index (χ2n) is 3.54. The fourth-order valence-corrected chi connectivity index (χ4v) is 1.55. The van der Waals surface area contributed by atoms with Gasteiger partial charge in [0, 0.05) is 19.8 Å². The molecule has 2 aromatic rings. The predicted octanol–water partition coefficient (Wildman–Crippen LogP) is 1.54. The Hall–Kier alpha value is -2.08. The molecule has 0 radical (unpaired) electrons. The Labute approximate surface area is 99.3 Å². The number of aromatic nitrogens is 3. The molecule has 2 heterocycles. The standard InChI is InChI=1S/C11H15N5O/c1-4-6-12-11-13-9(15-17-3)8-5-7-16(2)10(8)14-11/h4-5,7H,1,6H2,2-3H3,(H2,12,13,14,15). The Morgan fingerprint density at radius 1 is 1.53 bits per heavy atom. The van der Waals surface area contributed by atoms with E-state index < -0.39 is 0 Å². The SMILES string of the molecule is C=CCNc1nc(NOC)c2ccn(C)c2n1. The maximum atomic E-state index is 4.91. The number of fused-ring (bicyclic) bond motifs is 1. The van der Waals surface area contributed by atoms with Crippen molar-refractivity contribution in [2.45, 2.75) is 0 Å². The van der Waals surface area contributed by atoms with Crippen LogP contribution in [-0.2, 0) is 11.9 Å². The predicted molar refractivity (Wildman–Crippen MR) is 67.8 cm³/mol. The zero-order chi connectivity index (χ0) is 12.3. The normalized spacial score (nSPS) is 10.5. The Balaban J connectivity index is 2.48. The number of aryl methyl sites for hydroxylation is 1. The van der Waals surface area contributed by atoms with E-state index in [1.54, 1.807) is 13.2 Å². The van der Waals surface area contributed by atoms with Crippen LogP contribution in [0.25, 0.3) is 11.0 Å². The molecule has 6 nitrogen and oxygen atoms in total. The van der Waals surface area contributed by atoms with Crippen LogP contribution in [0.4, 0.5) is 11.8 Å². The molecular formula is C11H15N5O. The van der Waals surface area contributed by atoms with Gasteiger partial charge in [-0.15, -0.1) is 6.58 Å². The first kappa shape index (κ1) is 11.4. The minimum Gasteiger partial charge on any atom is -0.351 e. The molecule has 0 unspecified atom stereocenters. The minimum atomic E-state index is 0.541. The molecule has 0 aromatic carbocycles. The lowest BCUT2D eigenvalue weighted by atomic mass is 10.4. The first-order valence-corrected chi connectivity index (χ1v) is 5.23. The zero-order valence-corrected chi connectivity index (χ0v) is 9.90. The monoisotopic (exact) mass is 233 g/mol. The number of hydrogen-bond donors (Lipinski definition) is 2. The van der Waals surface area contributed by atoms with Crippen LogP contribution in [0.1, 0.15) is 0 Å². The van der Waals surface area contributed by atoms with Gasteiger partial charge in [0.15, 0.2) is 5.82 Å². The summed E-state index contributed by atoms with van der Waals surface area (Å²) in [4.78, 5) is 13.6. The molecule has 0 spiro atoms. The third-order valence-corrected chi connectivity index (χ3v) is 2.33. The lowest BCUT2D eigenvalue weighted by molar-refractivity contribution is 0.270. The molecule has 0 fully saturated rings. The van der Waals surface area contributed by atoms with Crippen LogP contribution in [0.2, 0.25) is 0 Å². The highest BCUT2D eigenvalue weighted by atomic mass is 16.6. The van der Waals surface area contributed by atoms with E-state index in [0.29, 0.717) is 18.3 Å². The maximum absolute atomic E-state index is 4.91. The summed E-state index contributed by atoms with van der Waals surface area (Å²) in [5.41, 5.74) is 3.59. The highest BCUT2D eigenvalue weighted by Gasteiger charge is 2.09. The second kappa shape index (κ2) is 4.84. The van der Waals surface area contributed by atoms with Crippen molar-refractivity contribution in [1.82, 2.24) is 14.5 Å². The fraction of sp³-hybridized carbons (Fsp3) is 0.273. The van der Waals surface area contributed by atoms with E-state index in [2.05, 4.69) is 27.3 Å². The summed E-state index contributed by atoms with van der Waals surface area (Å²) < 4.78 is 1.93. The van der Waals surface area contributed by atoms with E-state index in [-0.39, 0.29) is 0 Å². The molecule has 6 heteroatoms.